The average Bonchev–Trinajstić information content (AvgIpc) is 2.59. The molecule has 5 nitrogen and oxygen atoms in total. The van der Waals surface area contributed by atoms with Crippen molar-refractivity contribution in [3.8, 4) is 11.5 Å². The first-order valence-corrected chi connectivity index (χ1v) is 7.61. The minimum absolute atomic E-state index is 0.0443. The van der Waals surface area contributed by atoms with E-state index in [4.69, 9.17) is 4.74 Å². The molecule has 0 atom stereocenters. The topological polar surface area (TPSA) is 70.6 Å². The van der Waals surface area contributed by atoms with Crippen LogP contribution >= 0.6 is 0 Å². The van der Waals surface area contributed by atoms with Crippen LogP contribution in [0.15, 0.2) is 36.4 Å². The van der Waals surface area contributed by atoms with Gasteiger partial charge in [-0.1, -0.05) is 12.1 Å². The van der Waals surface area contributed by atoms with Gasteiger partial charge in [0.2, 0.25) is 0 Å². The Balaban J connectivity index is 2.17. The van der Waals surface area contributed by atoms with Gasteiger partial charge in [-0.3, -0.25) is 0 Å². The average molecular weight is 408 g/mol. The van der Waals surface area contributed by atoms with E-state index in [2.05, 4.69) is 5.32 Å². The van der Waals surface area contributed by atoms with Crippen LogP contribution < -0.4 is 15.4 Å². The third-order valence-electron chi connectivity index (χ3n) is 3.59. The van der Waals surface area contributed by atoms with Gasteiger partial charge in [0.1, 0.15) is 0 Å². The first-order valence-electron chi connectivity index (χ1n) is 7.61. The number of aromatic hydroxyl groups is 1. The fraction of sp³-hybridized carbons (Fsp3) is 0.235. The standard InChI is InChI=1S/C17H14F6N2O3/c1-28-13-4-2-3-9(14(13)26)8-24-15(27)25-12-6-10(16(18,19)20)5-11(7-12)17(21,22)23/h2-7,26H,8H2,1H3,(H2,24,25,27). The summed E-state index contributed by atoms with van der Waals surface area (Å²) in [5.74, 6) is -0.129. The molecule has 0 aromatic heterocycles. The molecule has 3 N–H and O–H groups in total. The minimum atomic E-state index is -5.03. The number of carbonyl (C=O) groups excluding carboxylic acids is 1. The number of alkyl halides is 6. The van der Waals surface area contributed by atoms with Crippen LogP contribution in [0.1, 0.15) is 16.7 Å². The van der Waals surface area contributed by atoms with Crippen LogP contribution in [-0.4, -0.2) is 18.2 Å². The van der Waals surface area contributed by atoms with Gasteiger partial charge in [-0.2, -0.15) is 26.3 Å². The number of rotatable bonds is 4. The number of phenols is 1. The number of hydrogen-bond acceptors (Lipinski definition) is 3. The molecule has 2 aromatic rings. The molecule has 0 aliphatic carbocycles. The molecule has 0 radical (unpaired) electrons. The monoisotopic (exact) mass is 408 g/mol. The quantitative estimate of drug-likeness (QED) is 0.639. The van der Waals surface area contributed by atoms with Crippen molar-refractivity contribution >= 4 is 11.7 Å². The fourth-order valence-electron chi connectivity index (χ4n) is 2.25. The van der Waals surface area contributed by atoms with E-state index in [1.165, 1.54) is 25.3 Å². The van der Waals surface area contributed by atoms with Crippen LogP contribution in [0, 0.1) is 0 Å². The Bertz CT molecular complexity index is 833. The van der Waals surface area contributed by atoms with Gasteiger partial charge in [-0.05, 0) is 24.3 Å². The molecule has 0 spiro atoms. The third-order valence-corrected chi connectivity index (χ3v) is 3.59. The van der Waals surface area contributed by atoms with Crippen molar-refractivity contribution in [1.82, 2.24) is 5.32 Å². The Morgan fingerprint density at radius 2 is 1.61 bits per heavy atom. The molecule has 0 fully saturated rings. The molecule has 0 aliphatic rings. The lowest BCUT2D eigenvalue weighted by molar-refractivity contribution is -0.143. The molecule has 2 amide bonds. The highest BCUT2D eigenvalue weighted by Gasteiger charge is 2.37. The summed E-state index contributed by atoms with van der Waals surface area (Å²) in [5.41, 5.74) is -3.56. The Kier molecular flexibility index (Phi) is 5.95. The van der Waals surface area contributed by atoms with Crippen molar-refractivity contribution in [2.24, 2.45) is 0 Å². The summed E-state index contributed by atoms with van der Waals surface area (Å²) in [6, 6.07) is 4.10. The number of benzene rings is 2. The molecular formula is C17H14F6N2O3. The van der Waals surface area contributed by atoms with Gasteiger partial charge in [0.05, 0.1) is 18.2 Å². The minimum Gasteiger partial charge on any atom is -0.504 e. The summed E-state index contributed by atoms with van der Waals surface area (Å²) in [5, 5.41) is 14.0. The van der Waals surface area contributed by atoms with Crippen molar-refractivity contribution in [3.63, 3.8) is 0 Å². The van der Waals surface area contributed by atoms with Crippen molar-refractivity contribution in [1.29, 1.82) is 0 Å². The van der Waals surface area contributed by atoms with E-state index in [-0.39, 0.29) is 29.7 Å². The third kappa shape index (κ3) is 5.21. The normalized spacial score (nSPS) is 11.8. The zero-order valence-corrected chi connectivity index (χ0v) is 14.2. The van der Waals surface area contributed by atoms with E-state index in [0.717, 1.165) is 0 Å². The van der Waals surface area contributed by atoms with Crippen LogP contribution in [0.3, 0.4) is 0 Å². The number of carbonyl (C=O) groups is 1. The predicted molar refractivity (Wildman–Crippen MR) is 87.0 cm³/mol. The summed E-state index contributed by atoms with van der Waals surface area (Å²) in [7, 11) is 1.31. The summed E-state index contributed by atoms with van der Waals surface area (Å²) < 4.78 is 81.8. The van der Waals surface area contributed by atoms with E-state index in [0.29, 0.717) is 12.1 Å². The first-order chi connectivity index (χ1) is 12.9. The number of anilines is 1. The lowest BCUT2D eigenvalue weighted by Crippen LogP contribution is -2.28. The second-order valence-corrected chi connectivity index (χ2v) is 5.57. The van der Waals surface area contributed by atoms with E-state index < -0.39 is 35.2 Å². The van der Waals surface area contributed by atoms with Crippen LogP contribution in [0.4, 0.5) is 36.8 Å². The van der Waals surface area contributed by atoms with E-state index in [1.54, 1.807) is 0 Å². The molecule has 2 aromatic carbocycles. The number of phenolic OH excluding ortho intramolecular Hbond substituents is 1. The van der Waals surface area contributed by atoms with Gasteiger partial charge >= 0.3 is 18.4 Å². The SMILES string of the molecule is COc1cccc(CNC(=O)Nc2cc(C(F)(F)F)cc(C(F)(F)F)c2)c1O. The number of nitrogens with one attached hydrogen (secondary N) is 2. The van der Waals surface area contributed by atoms with Crippen LogP contribution in [0.5, 0.6) is 11.5 Å². The van der Waals surface area contributed by atoms with Gasteiger partial charge in [0.25, 0.3) is 0 Å². The molecule has 0 aliphatic heterocycles. The van der Waals surface area contributed by atoms with Crippen molar-refractivity contribution in [2.45, 2.75) is 18.9 Å². The molecule has 0 saturated heterocycles. The first kappa shape index (κ1) is 21.2. The summed E-state index contributed by atoms with van der Waals surface area (Å²) in [6.45, 7) is -0.250. The Hall–Kier alpha value is -3.11. The highest BCUT2D eigenvalue weighted by atomic mass is 19.4. The Morgan fingerprint density at radius 3 is 2.11 bits per heavy atom. The van der Waals surface area contributed by atoms with E-state index >= 15 is 0 Å². The number of urea groups is 1. The van der Waals surface area contributed by atoms with Gasteiger partial charge in [-0.25, -0.2) is 4.79 Å². The Labute approximate surface area is 154 Å². The molecule has 2 rings (SSSR count). The van der Waals surface area contributed by atoms with Gasteiger partial charge in [0.15, 0.2) is 11.5 Å². The number of halogens is 6. The van der Waals surface area contributed by atoms with Crippen LogP contribution in [-0.2, 0) is 18.9 Å². The smallest absolute Gasteiger partial charge is 0.416 e. The van der Waals surface area contributed by atoms with E-state index in [1.807, 2.05) is 5.32 Å². The van der Waals surface area contributed by atoms with E-state index in [9.17, 15) is 36.2 Å². The highest BCUT2D eigenvalue weighted by molar-refractivity contribution is 5.89. The molecule has 0 heterocycles. The van der Waals surface area contributed by atoms with Gasteiger partial charge in [-0.15, -0.1) is 0 Å². The molecule has 0 unspecified atom stereocenters. The largest absolute Gasteiger partial charge is 0.504 e. The number of amides is 2. The summed E-state index contributed by atoms with van der Waals surface area (Å²) >= 11 is 0. The second kappa shape index (κ2) is 7.87. The Morgan fingerprint density at radius 1 is 1.04 bits per heavy atom. The predicted octanol–water partition coefficient (Wildman–Crippen LogP) is 4.76. The maximum Gasteiger partial charge on any atom is 0.416 e. The lowest BCUT2D eigenvalue weighted by atomic mass is 10.1. The van der Waals surface area contributed by atoms with Crippen LogP contribution in [0.25, 0.3) is 0 Å². The van der Waals surface area contributed by atoms with Crippen molar-refractivity contribution < 1.29 is 41.0 Å². The molecule has 11 heteroatoms. The zero-order chi connectivity index (χ0) is 21.1. The molecular weight excluding hydrogens is 394 g/mol. The highest BCUT2D eigenvalue weighted by Crippen LogP contribution is 2.37. The second-order valence-electron chi connectivity index (χ2n) is 5.57. The lowest BCUT2D eigenvalue weighted by Gasteiger charge is -2.15. The molecule has 152 valence electrons. The number of ether oxygens (including phenoxy) is 1. The van der Waals surface area contributed by atoms with Crippen LogP contribution in [0.2, 0.25) is 0 Å². The van der Waals surface area contributed by atoms with Gasteiger partial charge in [0, 0.05) is 17.8 Å². The maximum atomic E-state index is 12.8. The van der Waals surface area contributed by atoms with Crippen molar-refractivity contribution in [2.75, 3.05) is 12.4 Å². The summed E-state index contributed by atoms with van der Waals surface area (Å²) in [6.07, 6.45) is -10.1. The number of methoxy groups -OCH3 is 1. The fourth-order valence-corrected chi connectivity index (χ4v) is 2.25. The maximum absolute atomic E-state index is 12.8. The zero-order valence-electron chi connectivity index (χ0n) is 14.2. The molecule has 0 bridgehead atoms. The number of para-hydroxylation sites is 1. The molecule has 0 saturated carbocycles. The van der Waals surface area contributed by atoms with Gasteiger partial charge < -0.3 is 20.5 Å². The van der Waals surface area contributed by atoms with Crippen molar-refractivity contribution in [3.05, 3.63) is 53.1 Å². The number of hydrogen-bond donors (Lipinski definition) is 3. The molecule has 28 heavy (non-hydrogen) atoms. The summed E-state index contributed by atoms with van der Waals surface area (Å²) in [4.78, 5) is 11.9.